The quantitative estimate of drug-likeness (QED) is 0.879. The zero-order valence-corrected chi connectivity index (χ0v) is 13.3. The molecule has 0 radical (unpaired) electrons. The Labute approximate surface area is 123 Å². The Balaban J connectivity index is 2.19. The number of nitrogens with one attached hydrogen (secondary N) is 2. The maximum absolute atomic E-state index is 12.3. The summed E-state index contributed by atoms with van der Waals surface area (Å²) in [5, 5.41) is 9.88. The molecule has 0 spiro atoms. The summed E-state index contributed by atoms with van der Waals surface area (Å²) in [6.45, 7) is 8.18. The highest BCUT2D eigenvalue weighted by Crippen LogP contribution is 2.25. The van der Waals surface area contributed by atoms with Gasteiger partial charge in [-0.25, -0.2) is 0 Å². The summed E-state index contributed by atoms with van der Waals surface area (Å²) in [5.41, 5.74) is 3.25. The zero-order chi connectivity index (χ0) is 14.7. The summed E-state index contributed by atoms with van der Waals surface area (Å²) < 4.78 is 0. The van der Waals surface area contributed by atoms with Gasteiger partial charge in [-0.2, -0.15) is 5.10 Å². The lowest BCUT2D eigenvalue weighted by atomic mass is 10.1. The van der Waals surface area contributed by atoms with Crippen LogP contribution in [0.15, 0.2) is 6.07 Å². The Hall–Kier alpha value is -1.62. The number of hydrogen-bond donors (Lipinski definition) is 2. The van der Waals surface area contributed by atoms with E-state index in [0.29, 0.717) is 5.82 Å². The van der Waals surface area contributed by atoms with E-state index in [2.05, 4.69) is 29.4 Å². The lowest BCUT2D eigenvalue weighted by Crippen LogP contribution is -2.11. The third kappa shape index (κ3) is 2.93. The molecular formula is C15H21N3OS. The van der Waals surface area contributed by atoms with E-state index in [1.807, 2.05) is 19.9 Å². The molecular weight excluding hydrogens is 270 g/mol. The first-order valence-corrected chi connectivity index (χ1v) is 7.82. The number of hydrogen-bond acceptors (Lipinski definition) is 3. The van der Waals surface area contributed by atoms with Crippen LogP contribution in [0.25, 0.3) is 0 Å². The van der Waals surface area contributed by atoms with Crippen molar-refractivity contribution in [1.29, 1.82) is 0 Å². The zero-order valence-electron chi connectivity index (χ0n) is 12.5. The molecule has 2 N–H and O–H groups in total. The van der Waals surface area contributed by atoms with Crippen LogP contribution < -0.4 is 5.32 Å². The number of carbonyl (C=O) groups excluding carboxylic acids is 1. The van der Waals surface area contributed by atoms with Crippen LogP contribution in [-0.4, -0.2) is 16.1 Å². The lowest BCUT2D eigenvalue weighted by molar-refractivity contribution is 0.103. The van der Waals surface area contributed by atoms with Crippen LogP contribution in [0.3, 0.4) is 0 Å². The summed E-state index contributed by atoms with van der Waals surface area (Å²) in [4.78, 5) is 14.4. The van der Waals surface area contributed by atoms with Crippen molar-refractivity contribution < 1.29 is 4.79 Å². The number of H-pyrrole nitrogens is 1. The molecule has 108 valence electrons. The second kappa shape index (κ2) is 6.22. The van der Waals surface area contributed by atoms with Crippen molar-refractivity contribution in [2.24, 2.45) is 0 Å². The highest BCUT2D eigenvalue weighted by molar-refractivity contribution is 7.14. The van der Waals surface area contributed by atoms with Crippen LogP contribution >= 0.6 is 11.3 Å². The number of anilines is 1. The standard InChI is InChI=1S/C15H21N3OS/c1-5-7-12-11(6-2)8-13(20-12)15(19)16-14-9(3)10(4)17-18-14/h8H,5-7H2,1-4H3,(H2,16,17,18,19). The van der Waals surface area contributed by atoms with Crippen molar-refractivity contribution in [2.75, 3.05) is 5.32 Å². The number of aryl methyl sites for hydroxylation is 3. The SMILES string of the molecule is CCCc1sc(C(=O)Nc2n[nH]c(C)c2C)cc1CC. The topological polar surface area (TPSA) is 57.8 Å². The lowest BCUT2D eigenvalue weighted by Gasteiger charge is -2.00. The summed E-state index contributed by atoms with van der Waals surface area (Å²) in [6.07, 6.45) is 3.12. The Morgan fingerprint density at radius 1 is 1.40 bits per heavy atom. The molecule has 0 aliphatic rings. The average Bonchev–Trinajstić information content (AvgIpc) is 2.98. The predicted molar refractivity (Wildman–Crippen MR) is 83.7 cm³/mol. The summed E-state index contributed by atoms with van der Waals surface area (Å²) >= 11 is 1.60. The van der Waals surface area contributed by atoms with Crippen molar-refractivity contribution in [3.63, 3.8) is 0 Å². The van der Waals surface area contributed by atoms with Gasteiger partial charge in [-0.3, -0.25) is 9.89 Å². The van der Waals surface area contributed by atoms with E-state index >= 15 is 0 Å². The van der Waals surface area contributed by atoms with Crippen molar-refractivity contribution >= 4 is 23.1 Å². The van der Waals surface area contributed by atoms with Gasteiger partial charge in [0, 0.05) is 16.1 Å². The molecule has 20 heavy (non-hydrogen) atoms. The molecule has 2 aromatic rings. The number of rotatable bonds is 5. The average molecular weight is 291 g/mol. The van der Waals surface area contributed by atoms with Gasteiger partial charge in [0.05, 0.1) is 4.88 Å². The van der Waals surface area contributed by atoms with Crippen LogP contribution in [0.1, 0.15) is 51.6 Å². The Morgan fingerprint density at radius 3 is 2.70 bits per heavy atom. The van der Waals surface area contributed by atoms with Crippen LogP contribution in [-0.2, 0) is 12.8 Å². The largest absolute Gasteiger partial charge is 0.304 e. The maximum Gasteiger partial charge on any atom is 0.266 e. The molecule has 1 amide bonds. The molecule has 0 saturated heterocycles. The van der Waals surface area contributed by atoms with Gasteiger partial charge < -0.3 is 5.32 Å². The number of carbonyl (C=O) groups is 1. The minimum absolute atomic E-state index is 0.0679. The molecule has 4 nitrogen and oxygen atoms in total. The molecule has 0 aromatic carbocycles. The maximum atomic E-state index is 12.3. The number of amides is 1. The molecule has 0 aliphatic heterocycles. The normalized spacial score (nSPS) is 10.8. The molecule has 0 atom stereocenters. The fourth-order valence-corrected chi connectivity index (χ4v) is 3.34. The van der Waals surface area contributed by atoms with E-state index in [1.165, 1.54) is 10.4 Å². The molecule has 2 aromatic heterocycles. The van der Waals surface area contributed by atoms with Gasteiger partial charge in [0.15, 0.2) is 5.82 Å². The van der Waals surface area contributed by atoms with Crippen LogP contribution in [0.5, 0.6) is 0 Å². The smallest absolute Gasteiger partial charge is 0.266 e. The third-order valence-corrected chi connectivity index (χ3v) is 4.70. The van der Waals surface area contributed by atoms with E-state index in [0.717, 1.165) is 35.4 Å². The van der Waals surface area contributed by atoms with Gasteiger partial charge in [0.25, 0.3) is 5.91 Å². The number of nitrogens with zero attached hydrogens (tertiary/aromatic N) is 1. The summed E-state index contributed by atoms with van der Waals surface area (Å²) in [6, 6.07) is 2.01. The number of aromatic amines is 1. The first-order valence-electron chi connectivity index (χ1n) is 7.01. The predicted octanol–water partition coefficient (Wildman–Crippen LogP) is 3.86. The van der Waals surface area contributed by atoms with E-state index < -0.39 is 0 Å². The Kier molecular flexibility index (Phi) is 4.60. The first kappa shape index (κ1) is 14.8. The summed E-state index contributed by atoms with van der Waals surface area (Å²) in [5.74, 6) is 0.553. The monoisotopic (exact) mass is 291 g/mol. The second-order valence-electron chi connectivity index (χ2n) is 4.94. The van der Waals surface area contributed by atoms with Crippen molar-refractivity contribution in [2.45, 2.75) is 47.0 Å². The summed E-state index contributed by atoms with van der Waals surface area (Å²) in [7, 11) is 0. The van der Waals surface area contributed by atoms with Crippen LogP contribution in [0, 0.1) is 13.8 Å². The van der Waals surface area contributed by atoms with Crippen molar-refractivity contribution in [3.05, 3.63) is 32.6 Å². The van der Waals surface area contributed by atoms with Gasteiger partial charge >= 0.3 is 0 Å². The van der Waals surface area contributed by atoms with Crippen LogP contribution in [0.2, 0.25) is 0 Å². The van der Waals surface area contributed by atoms with E-state index in [1.54, 1.807) is 11.3 Å². The fourth-order valence-electron chi connectivity index (χ4n) is 2.09. The minimum atomic E-state index is -0.0679. The molecule has 0 bridgehead atoms. The second-order valence-corrected chi connectivity index (χ2v) is 6.08. The number of aromatic nitrogens is 2. The molecule has 0 aliphatic carbocycles. The van der Waals surface area contributed by atoms with Gasteiger partial charge in [-0.15, -0.1) is 11.3 Å². The van der Waals surface area contributed by atoms with Gasteiger partial charge in [-0.05, 0) is 38.3 Å². The highest BCUT2D eigenvalue weighted by Gasteiger charge is 2.15. The fraction of sp³-hybridized carbons (Fsp3) is 0.467. The minimum Gasteiger partial charge on any atom is -0.304 e. The van der Waals surface area contributed by atoms with Gasteiger partial charge in [0.1, 0.15) is 0 Å². The van der Waals surface area contributed by atoms with E-state index in [4.69, 9.17) is 0 Å². The Morgan fingerprint density at radius 2 is 2.15 bits per heavy atom. The molecule has 0 saturated carbocycles. The Bertz CT molecular complexity index is 613. The number of thiophene rings is 1. The van der Waals surface area contributed by atoms with Crippen LogP contribution in [0.4, 0.5) is 5.82 Å². The van der Waals surface area contributed by atoms with E-state index in [-0.39, 0.29) is 5.91 Å². The molecule has 2 rings (SSSR count). The van der Waals surface area contributed by atoms with Gasteiger partial charge in [0.2, 0.25) is 0 Å². The first-order chi connectivity index (χ1) is 9.56. The molecule has 0 fully saturated rings. The molecule has 2 heterocycles. The highest BCUT2D eigenvalue weighted by atomic mass is 32.1. The van der Waals surface area contributed by atoms with Gasteiger partial charge in [-0.1, -0.05) is 20.3 Å². The van der Waals surface area contributed by atoms with E-state index in [9.17, 15) is 4.79 Å². The third-order valence-electron chi connectivity index (χ3n) is 3.46. The van der Waals surface area contributed by atoms with Crippen molar-refractivity contribution in [3.8, 4) is 0 Å². The van der Waals surface area contributed by atoms with Crippen molar-refractivity contribution in [1.82, 2.24) is 10.2 Å². The molecule has 5 heteroatoms. The molecule has 0 unspecified atom stereocenters.